The highest BCUT2D eigenvalue weighted by atomic mass is 32.2. The molecule has 1 N–H and O–H groups in total. The second kappa shape index (κ2) is 11.0. The van der Waals surface area contributed by atoms with Gasteiger partial charge in [0.25, 0.3) is 0 Å². The van der Waals surface area contributed by atoms with Crippen LogP contribution in [0.4, 0.5) is 27.6 Å². The minimum atomic E-state index is -4.47. The van der Waals surface area contributed by atoms with Crippen molar-refractivity contribution < 1.29 is 22.0 Å². The molecule has 1 heterocycles. The molecule has 10 heteroatoms. The molecule has 1 aliphatic rings. The number of rotatable bonds is 5. The molecular weight excluding hydrogens is 513 g/mol. The molecule has 1 atom stereocenters. The maximum atomic E-state index is 15.1. The molecule has 0 amide bonds. The summed E-state index contributed by atoms with van der Waals surface area (Å²) in [4.78, 5) is 6.50. The fourth-order valence-electron chi connectivity index (χ4n) is 3.83. The van der Waals surface area contributed by atoms with Gasteiger partial charge in [-0.3, -0.25) is 9.89 Å². The number of benzene rings is 3. The van der Waals surface area contributed by atoms with E-state index in [0.29, 0.717) is 34.2 Å². The van der Waals surface area contributed by atoms with E-state index in [1.165, 1.54) is 36.0 Å². The van der Waals surface area contributed by atoms with E-state index in [9.17, 15) is 17.6 Å². The number of anilines is 1. The number of amidine groups is 1. The van der Waals surface area contributed by atoms with Gasteiger partial charge in [-0.1, -0.05) is 48.2 Å². The van der Waals surface area contributed by atoms with Crippen molar-refractivity contribution in [3.63, 3.8) is 0 Å². The molecule has 1 unspecified atom stereocenters. The third kappa shape index (κ3) is 6.22. The fourth-order valence-corrected chi connectivity index (χ4v) is 5.18. The summed E-state index contributed by atoms with van der Waals surface area (Å²) in [6.45, 7) is 2.15. The number of aliphatic imine (C=N–C) groups is 1. The monoisotopic (exact) mass is 535 g/mol. The number of hydrogen-bond acceptors (Lipinski definition) is 3. The van der Waals surface area contributed by atoms with Gasteiger partial charge >= 0.3 is 6.18 Å². The van der Waals surface area contributed by atoms with Crippen molar-refractivity contribution in [2.45, 2.75) is 25.6 Å². The number of thioether (sulfide) groups is 1. The summed E-state index contributed by atoms with van der Waals surface area (Å²) < 4.78 is 68.2. The maximum absolute atomic E-state index is 15.1. The molecule has 0 radical (unpaired) electrons. The molecule has 0 bridgehead atoms. The Kier molecular flexibility index (Phi) is 7.94. The Hall–Kier alpha value is -2.98. The molecule has 3 nitrogen and oxygen atoms in total. The first-order valence-electron chi connectivity index (χ1n) is 11.1. The second-order valence-corrected chi connectivity index (χ2v) is 9.70. The zero-order valence-electron chi connectivity index (χ0n) is 19.2. The summed E-state index contributed by atoms with van der Waals surface area (Å²) in [5, 5.41) is 3.56. The average Bonchev–Trinajstić information content (AvgIpc) is 3.28. The maximum Gasteiger partial charge on any atom is 0.416 e. The van der Waals surface area contributed by atoms with Crippen LogP contribution in [-0.2, 0) is 12.6 Å². The van der Waals surface area contributed by atoms with Crippen LogP contribution in [0.1, 0.15) is 28.3 Å². The molecular formula is C26H22F5N3S2. The number of thiocarbonyl (C=S) groups is 1. The molecule has 0 spiro atoms. The summed E-state index contributed by atoms with van der Waals surface area (Å²) in [5.41, 5.74) is 0.909. The first-order chi connectivity index (χ1) is 17.1. The Morgan fingerprint density at radius 3 is 2.58 bits per heavy atom. The Labute approximate surface area is 215 Å². The summed E-state index contributed by atoms with van der Waals surface area (Å²) in [6.07, 6.45) is -4.22. The molecule has 1 aliphatic heterocycles. The van der Waals surface area contributed by atoms with Crippen LogP contribution in [0.5, 0.6) is 0 Å². The standard InChI is InChI=1S/C26H22F5N3S2/c1-16-5-2-10-21(23(16)28)22(14-17-6-3-8-19(27)13-17)33-25-34(11-12-36-25)24(35)32-20-9-4-7-18(15-20)26(29,30)31/h2-10,13,15,22H,11-12,14H2,1H3,(H,32,35). The highest BCUT2D eigenvalue weighted by Gasteiger charge is 2.31. The fraction of sp³-hybridized carbons (Fsp3) is 0.231. The first-order valence-corrected chi connectivity index (χ1v) is 12.5. The molecule has 0 aromatic heterocycles. The Morgan fingerprint density at radius 2 is 1.83 bits per heavy atom. The van der Waals surface area contributed by atoms with Crippen molar-refractivity contribution in [3.05, 3.63) is 101 Å². The van der Waals surface area contributed by atoms with Gasteiger partial charge in [-0.2, -0.15) is 13.2 Å². The van der Waals surface area contributed by atoms with E-state index in [0.717, 1.165) is 12.1 Å². The van der Waals surface area contributed by atoms with Crippen LogP contribution in [0.2, 0.25) is 0 Å². The van der Waals surface area contributed by atoms with Gasteiger partial charge in [0.15, 0.2) is 10.3 Å². The van der Waals surface area contributed by atoms with Crippen LogP contribution in [-0.4, -0.2) is 27.5 Å². The Bertz CT molecular complexity index is 1290. The van der Waals surface area contributed by atoms with Gasteiger partial charge in [-0.15, -0.1) is 0 Å². The molecule has 1 fully saturated rings. The van der Waals surface area contributed by atoms with Crippen LogP contribution in [0, 0.1) is 18.6 Å². The molecule has 0 aliphatic carbocycles. The summed E-state index contributed by atoms with van der Waals surface area (Å²) >= 11 is 6.90. The van der Waals surface area contributed by atoms with Gasteiger partial charge in [-0.05, 0) is 67.0 Å². The van der Waals surface area contributed by atoms with Crippen molar-refractivity contribution in [1.29, 1.82) is 0 Å². The Balaban J connectivity index is 1.63. The predicted octanol–water partition coefficient (Wildman–Crippen LogP) is 7.38. The highest BCUT2D eigenvalue weighted by molar-refractivity contribution is 8.14. The van der Waals surface area contributed by atoms with Crippen LogP contribution < -0.4 is 5.32 Å². The molecule has 3 aromatic carbocycles. The van der Waals surface area contributed by atoms with Crippen molar-refractivity contribution in [2.75, 3.05) is 17.6 Å². The van der Waals surface area contributed by atoms with E-state index in [1.807, 2.05) is 0 Å². The molecule has 1 saturated heterocycles. The van der Waals surface area contributed by atoms with Gasteiger partial charge in [0.05, 0.1) is 11.6 Å². The van der Waals surface area contributed by atoms with E-state index in [-0.39, 0.29) is 23.0 Å². The molecule has 0 saturated carbocycles. The third-order valence-corrected chi connectivity index (χ3v) is 6.92. The van der Waals surface area contributed by atoms with Crippen molar-refractivity contribution in [2.24, 2.45) is 4.99 Å². The second-order valence-electron chi connectivity index (χ2n) is 8.25. The van der Waals surface area contributed by atoms with E-state index in [2.05, 4.69) is 5.32 Å². The summed E-state index contributed by atoms with van der Waals surface area (Å²) in [6, 6.07) is 15.2. The van der Waals surface area contributed by atoms with Crippen molar-refractivity contribution in [3.8, 4) is 0 Å². The van der Waals surface area contributed by atoms with E-state index in [4.69, 9.17) is 17.2 Å². The Morgan fingerprint density at radius 1 is 1.08 bits per heavy atom. The number of alkyl halides is 3. The summed E-state index contributed by atoms with van der Waals surface area (Å²) in [5.74, 6) is -0.138. The number of hydrogen-bond donors (Lipinski definition) is 1. The molecule has 3 aromatic rings. The quantitative estimate of drug-likeness (QED) is 0.273. The minimum Gasteiger partial charge on any atom is -0.332 e. The number of nitrogens with one attached hydrogen (secondary N) is 1. The van der Waals surface area contributed by atoms with Gasteiger partial charge in [-0.25, -0.2) is 8.78 Å². The third-order valence-electron chi connectivity index (χ3n) is 5.63. The minimum absolute atomic E-state index is 0.187. The summed E-state index contributed by atoms with van der Waals surface area (Å²) in [7, 11) is 0. The zero-order valence-corrected chi connectivity index (χ0v) is 20.8. The lowest BCUT2D eigenvalue weighted by atomic mass is 9.97. The molecule has 36 heavy (non-hydrogen) atoms. The SMILES string of the molecule is Cc1cccc(C(Cc2cccc(F)c2)N=C2SCCN2C(=S)Nc2cccc(C(F)(F)F)c2)c1F. The smallest absolute Gasteiger partial charge is 0.332 e. The van der Waals surface area contributed by atoms with Crippen LogP contribution in [0.15, 0.2) is 71.7 Å². The van der Waals surface area contributed by atoms with Gasteiger partial charge in [0.1, 0.15) is 11.6 Å². The van der Waals surface area contributed by atoms with Gasteiger partial charge in [0.2, 0.25) is 0 Å². The van der Waals surface area contributed by atoms with Gasteiger partial charge < -0.3 is 5.32 Å². The van der Waals surface area contributed by atoms with Crippen LogP contribution >= 0.6 is 24.0 Å². The van der Waals surface area contributed by atoms with Crippen molar-refractivity contribution in [1.82, 2.24) is 4.90 Å². The number of nitrogens with zero attached hydrogens (tertiary/aromatic N) is 2. The van der Waals surface area contributed by atoms with Crippen LogP contribution in [0.3, 0.4) is 0 Å². The van der Waals surface area contributed by atoms with E-state index < -0.39 is 23.6 Å². The lowest BCUT2D eigenvalue weighted by molar-refractivity contribution is -0.137. The average molecular weight is 536 g/mol. The van der Waals surface area contributed by atoms with Crippen LogP contribution in [0.25, 0.3) is 0 Å². The zero-order chi connectivity index (χ0) is 25.9. The van der Waals surface area contributed by atoms with E-state index >= 15 is 4.39 Å². The topological polar surface area (TPSA) is 27.6 Å². The highest BCUT2D eigenvalue weighted by Crippen LogP contribution is 2.32. The van der Waals surface area contributed by atoms with E-state index in [1.54, 1.807) is 42.2 Å². The number of aryl methyl sites for hydroxylation is 1. The molecule has 4 rings (SSSR count). The lowest BCUT2D eigenvalue weighted by Gasteiger charge is -2.23. The largest absolute Gasteiger partial charge is 0.416 e. The number of halogens is 5. The lowest BCUT2D eigenvalue weighted by Crippen LogP contribution is -2.35. The van der Waals surface area contributed by atoms with Crippen molar-refractivity contribution >= 4 is 39.9 Å². The normalized spacial score (nSPS) is 15.8. The molecule has 188 valence electrons. The first kappa shape index (κ1) is 26.1. The predicted molar refractivity (Wildman–Crippen MR) is 138 cm³/mol. The van der Waals surface area contributed by atoms with Gasteiger partial charge in [0, 0.05) is 23.5 Å².